The van der Waals surface area contributed by atoms with Gasteiger partial charge in [-0.25, -0.2) is 4.79 Å². The highest BCUT2D eigenvalue weighted by molar-refractivity contribution is 5.93. The summed E-state index contributed by atoms with van der Waals surface area (Å²) < 4.78 is 10.7. The molecule has 1 atom stereocenters. The number of rotatable bonds is 7. The molecule has 9 nitrogen and oxygen atoms in total. The van der Waals surface area contributed by atoms with Crippen molar-refractivity contribution < 1.29 is 23.9 Å². The second kappa shape index (κ2) is 11.6. The van der Waals surface area contributed by atoms with Crippen molar-refractivity contribution in [1.29, 1.82) is 5.26 Å². The maximum atomic E-state index is 13.9. The third-order valence-electron chi connectivity index (χ3n) is 7.03. The van der Waals surface area contributed by atoms with Gasteiger partial charge in [-0.1, -0.05) is 25.3 Å². The van der Waals surface area contributed by atoms with Crippen LogP contribution in [0.2, 0.25) is 0 Å². The molecule has 0 aromatic heterocycles. The number of amides is 3. The second-order valence-corrected chi connectivity index (χ2v) is 10.6. The number of alkyl carbamates (subject to hydrolysis) is 1. The molecule has 36 heavy (non-hydrogen) atoms. The summed E-state index contributed by atoms with van der Waals surface area (Å²) in [6, 6.07) is 7.19. The van der Waals surface area contributed by atoms with E-state index < -0.39 is 17.2 Å². The molecule has 0 spiro atoms. The van der Waals surface area contributed by atoms with Crippen molar-refractivity contribution >= 4 is 17.9 Å². The lowest BCUT2D eigenvalue weighted by Gasteiger charge is -2.44. The fraction of sp³-hybridized carbons (Fsp3) is 0.630. The van der Waals surface area contributed by atoms with Crippen molar-refractivity contribution in [2.75, 3.05) is 20.2 Å². The lowest BCUT2D eigenvalue weighted by Crippen LogP contribution is -2.63. The number of methoxy groups -OCH3 is 1. The maximum Gasteiger partial charge on any atom is 0.408 e. The van der Waals surface area contributed by atoms with Crippen LogP contribution in [0.4, 0.5) is 4.79 Å². The first-order valence-corrected chi connectivity index (χ1v) is 12.7. The van der Waals surface area contributed by atoms with Crippen LogP contribution < -0.4 is 15.4 Å². The number of nitrogens with zero attached hydrogens (tertiary/aromatic N) is 2. The van der Waals surface area contributed by atoms with Gasteiger partial charge in [-0.05, 0) is 64.5 Å². The van der Waals surface area contributed by atoms with Crippen LogP contribution in [-0.2, 0) is 20.9 Å². The standard InChI is InChI=1S/C27H38N4O5/c1-26(2,3)36-25(34)30-18-23(32)31-14-8-13-27(31,21-9-6-5-7-10-21)24(33)29-17-20-12-11-19(16-28)15-22(20)35-4/h11-12,15,21H,5-10,13-14,17-18H2,1-4H3,(H,29,33)(H,30,34)/t27-/m1/s1. The number of benzene rings is 1. The van der Waals surface area contributed by atoms with Crippen LogP contribution in [0.1, 0.15) is 76.8 Å². The molecule has 9 heteroatoms. The molecule has 1 heterocycles. The van der Waals surface area contributed by atoms with E-state index in [-0.39, 0.29) is 30.8 Å². The van der Waals surface area contributed by atoms with Gasteiger partial charge in [0.2, 0.25) is 11.8 Å². The van der Waals surface area contributed by atoms with Crippen LogP contribution in [0.15, 0.2) is 18.2 Å². The molecular formula is C27H38N4O5. The van der Waals surface area contributed by atoms with Crippen LogP contribution in [0.25, 0.3) is 0 Å². The van der Waals surface area contributed by atoms with Gasteiger partial charge in [-0.15, -0.1) is 0 Å². The number of ether oxygens (including phenoxy) is 2. The maximum absolute atomic E-state index is 13.9. The molecule has 2 aliphatic rings. The summed E-state index contributed by atoms with van der Waals surface area (Å²) in [6.07, 6.45) is 5.62. The van der Waals surface area contributed by atoms with Crippen molar-refractivity contribution in [3.63, 3.8) is 0 Å². The molecule has 1 aliphatic carbocycles. The molecule has 1 saturated heterocycles. The van der Waals surface area contributed by atoms with Crippen LogP contribution in [-0.4, -0.2) is 54.1 Å². The Balaban J connectivity index is 1.79. The van der Waals surface area contributed by atoms with Crippen molar-refractivity contribution in [3.05, 3.63) is 29.3 Å². The van der Waals surface area contributed by atoms with Crippen LogP contribution >= 0.6 is 0 Å². The second-order valence-electron chi connectivity index (χ2n) is 10.6. The number of nitriles is 1. The normalized spacial score (nSPS) is 20.4. The summed E-state index contributed by atoms with van der Waals surface area (Å²) in [5.74, 6) is 0.128. The van der Waals surface area contributed by atoms with E-state index in [1.807, 2.05) is 0 Å². The molecule has 2 N–H and O–H groups in total. The smallest absolute Gasteiger partial charge is 0.408 e. The van der Waals surface area contributed by atoms with E-state index in [0.29, 0.717) is 24.3 Å². The van der Waals surface area contributed by atoms with Gasteiger partial charge < -0.3 is 25.0 Å². The minimum atomic E-state index is -0.951. The van der Waals surface area contributed by atoms with Gasteiger partial charge in [0, 0.05) is 18.7 Å². The molecule has 0 bridgehead atoms. The Labute approximate surface area is 213 Å². The molecule has 3 amide bonds. The van der Waals surface area contributed by atoms with Crippen molar-refractivity contribution in [2.45, 2.75) is 83.4 Å². The SMILES string of the molecule is COc1cc(C#N)ccc1CNC(=O)[C@]1(C2CCCCC2)CCCN1C(=O)CNC(=O)OC(C)(C)C. The molecule has 1 aromatic carbocycles. The predicted molar refractivity (Wildman–Crippen MR) is 134 cm³/mol. The summed E-state index contributed by atoms with van der Waals surface area (Å²) in [7, 11) is 1.53. The average molecular weight is 499 g/mol. The van der Waals surface area contributed by atoms with E-state index in [4.69, 9.17) is 14.7 Å². The zero-order valence-corrected chi connectivity index (χ0v) is 21.8. The Morgan fingerprint density at radius 1 is 1.14 bits per heavy atom. The van der Waals surface area contributed by atoms with E-state index in [1.54, 1.807) is 43.9 Å². The first-order valence-electron chi connectivity index (χ1n) is 12.7. The Morgan fingerprint density at radius 2 is 1.86 bits per heavy atom. The lowest BCUT2D eigenvalue weighted by atomic mass is 9.72. The van der Waals surface area contributed by atoms with Gasteiger partial charge in [-0.2, -0.15) is 5.26 Å². The fourth-order valence-corrected chi connectivity index (χ4v) is 5.46. The van der Waals surface area contributed by atoms with Crippen LogP contribution in [0, 0.1) is 17.2 Å². The molecular weight excluding hydrogens is 460 g/mol. The van der Waals surface area contributed by atoms with Crippen molar-refractivity contribution in [2.24, 2.45) is 5.92 Å². The monoisotopic (exact) mass is 498 g/mol. The number of nitrogens with one attached hydrogen (secondary N) is 2. The van der Waals surface area contributed by atoms with E-state index in [1.165, 1.54) is 7.11 Å². The molecule has 1 aromatic rings. The number of carbonyl (C=O) groups excluding carboxylic acids is 3. The van der Waals surface area contributed by atoms with Crippen LogP contribution in [0.5, 0.6) is 5.75 Å². The number of hydrogen-bond acceptors (Lipinski definition) is 6. The molecule has 1 saturated carbocycles. The van der Waals surface area contributed by atoms with Gasteiger partial charge in [-0.3, -0.25) is 9.59 Å². The zero-order chi connectivity index (χ0) is 26.3. The Bertz CT molecular complexity index is 1010. The highest BCUT2D eigenvalue weighted by Gasteiger charge is 2.54. The minimum absolute atomic E-state index is 0.0575. The van der Waals surface area contributed by atoms with Crippen molar-refractivity contribution in [3.8, 4) is 11.8 Å². The van der Waals surface area contributed by atoms with Crippen LogP contribution in [0.3, 0.4) is 0 Å². The molecule has 196 valence electrons. The predicted octanol–water partition coefficient (Wildman–Crippen LogP) is 3.65. The number of hydrogen-bond donors (Lipinski definition) is 2. The molecule has 0 unspecified atom stereocenters. The highest BCUT2D eigenvalue weighted by Crippen LogP contribution is 2.43. The number of carbonyl (C=O) groups is 3. The lowest BCUT2D eigenvalue weighted by molar-refractivity contribution is -0.149. The first-order chi connectivity index (χ1) is 17.1. The highest BCUT2D eigenvalue weighted by atomic mass is 16.6. The van der Waals surface area contributed by atoms with Gasteiger partial charge in [0.05, 0.1) is 18.7 Å². The largest absolute Gasteiger partial charge is 0.496 e. The molecule has 0 radical (unpaired) electrons. The third kappa shape index (κ3) is 6.28. The van der Waals surface area contributed by atoms with Gasteiger partial charge in [0.1, 0.15) is 23.4 Å². The summed E-state index contributed by atoms with van der Waals surface area (Å²) in [5.41, 5.74) is -0.386. The third-order valence-corrected chi connectivity index (χ3v) is 7.03. The topological polar surface area (TPSA) is 121 Å². The van der Waals surface area contributed by atoms with E-state index in [2.05, 4.69) is 16.7 Å². The van der Waals surface area contributed by atoms with E-state index in [9.17, 15) is 14.4 Å². The summed E-state index contributed by atoms with van der Waals surface area (Å²) >= 11 is 0. The van der Waals surface area contributed by atoms with E-state index in [0.717, 1.165) is 44.1 Å². The Hall–Kier alpha value is -3.28. The van der Waals surface area contributed by atoms with Gasteiger partial charge >= 0.3 is 6.09 Å². The fourth-order valence-electron chi connectivity index (χ4n) is 5.46. The minimum Gasteiger partial charge on any atom is -0.496 e. The van der Waals surface area contributed by atoms with E-state index >= 15 is 0 Å². The quantitative estimate of drug-likeness (QED) is 0.592. The summed E-state index contributed by atoms with van der Waals surface area (Å²) in [6.45, 7) is 5.75. The Morgan fingerprint density at radius 3 is 2.50 bits per heavy atom. The molecule has 2 fully saturated rings. The van der Waals surface area contributed by atoms with Gasteiger partial charge in [0.15, 0.2) is 0 Å². The van der Waals surface area contributed by atoms with Crippen molar-refractivity contribution in [1.82, 2.24) is 15.5 Å². The number of likely N-dealkylation sites (tertiary alicyclic amines) is 1. The zero-order valence-electron chi connectivity index (χ0n) is 21.8. The summed E-state index contributed by atoms with van der Waals surface area (Å²) in [5, 5.41) is 14.8. The van der Waals surface area contributed by atoms with Gasteiger partial charge in [0.25, 0.3) is 0 Å². The average Bonchev–Trinajstić information content (AvgIpc) is 3.31. The first kappa shape index (κ1) is 27.3. The molecule has 3 rings (SSSR count). The molecule has 1 aliphatic heterocycles. The Kier molecular flexibility index (Phi) is 8.83. The summed E-state index contributed by atoms with van der Waals surface area (Å²) in [4.78, 5) is 41.1.